The van der Waals surface area contributed by atoms with Crippen molar-refractivity contribution in [1.82, 2.24) is 5.32 Å². The Morgan fingerprint density at radius 2 is 1.94 bits per heavy atom. The Morgan fingerprint density at radius 1 is 1.41 bits per heavy atom. The van der Waals surface area contributed by atoms with Gasteiger partial charge in [-0.15, -0.1) is 0 Å². The second kappa shape index (κ2) is 4.91. The zero-order chi connectivity index (χ0) is 13.2. The topological polar surface area (TPSA) is 75.6 Å². The lowest BCUT2D eigenvalue weighted by Gasteiger charge is -2.31. The Kier molecular flexibility index (Phi) is 3.97. The molecule has 0 amide bonds. The van der Waals surface area contributed by atoms with Crippen molar-refractivity contribution in [3.63, 3.8) is 0 Å². The van der Waals surface area contributed by atoms with E-state index in [0.717, 1.165) is 6.54 Å². The first-order valence-electron chi connectivity index (χ1n) is 4.88. The molecule has 0 aromatic heterocycles. The number of hydrogen-bond donors (Lipinski definition) is 2. The molecular formula is C9H12F3NO4. The van der Waals surface area contributed by atoms with Crippen LogP contribution >= 0.6 is 0 Å². The Bertz CT molecular complexity index is 304. The monoisotopic (exact) mass is 255 g/mol. The average Bonchev–Trinajstić information content (AvgIpc) is 2.78. The number of ether oxygens (including phenoxy) is 1. The summed E-state index contributed by atoms with van der Waals surface area (Å²) >= 11 is 0. The van der Waals surface area contributed by atoms with Gasteiger partial charge in [0.05, 0.1) is 13.0 Å². The highest BCUT2D eigenvalue weighted by Gasteiger charge is 2.51. The fraction of sp³-hybridized carbons (Fsp3) is 0.778. The first-order valence-corrected chi connectivity index (χ1v) is 4.88. The predicted octanol–water partition coefficient (Wildman–Crippen LogP) is 0.401. The summed E-state index contributed by atoms with van der Waals surface area (Å²) in [5, 5.41) is 10.4. The highest BCUT2D eigenvalue weighted by atomic mass is 19.4. The molecule has 2 aliphatic heterocycles. The van der Waals surface area contributed by atoms with E-state index >= 15 is 0 Å². The van der Waals surface area contributed by atoms with Gasteiger partial charge in [0.1, 0.15) is 0 Å². The van der Waals surface area contributed by atoms with Crippen molar-refractivity contribution >= 4 is 11.9 Å². The minimum Gasteiger partial charge on any atom is -0.475 e. The molecule has 2 saturated heterocycles. The third kappa shape index (κ3) is 3.09. The number of carboxylic acids is 1. The SMILES string of the molecule is COC(=O)[C@H]1[C@H]2CN[C@@H]1C2.O=C(O)C(F)(F)F. The number of carboxylic acid groups (broad SMARTS) is 1. The summed E-state index contributed by atoms with van der Waals surface area (Å²) in [4.78, 5) is 19.9. The van der Waals surface area contributed by atoms with E-state index in [1.54, 1.807) is 0 Å². The molecule has 0 radical (unpaired) electrons. The van der Waals surface area contributed by atoms with E-state index in [0.29, 0.717) is 12.0 Å². The van der Waals surface area contributed by atoms with Crippen molar-refractivity contribution in [1.29, 1.82) is 0 Å². The van der Waals surface area contributed by atoms with Gasteiger partial charge in [-0.2, -0.15) is 13.2 Å². The molecule has 2 heterocycles. The van der Waals surface area contributed by atoms with Gasteiger partial charge < -0.3 is 15.2 Å². The summed E-state index contributed by atoms with van der Waals surface area (Å²) in [5.41, 5.74) is 0. The average molecular weight is 255 g/mol. The van der Waals surface area contributed by atoms with Gasteiger partial charge in [-0.25, -0.2) is 4.79 Å². The Morgan fingerprint density at radius 3 is 2.18 bits per heavy atom. The number of methoxy groups -OCH3 is 1. The predicted molar refractivity (Wildman–Crippen MR) is 49.1 cm³/mol. The summed E-state index contributed by atoms with van der Waals surface area (Å²) in [7, 11) is 1.46. The van der Waals surface area contributed by atoms with Crippen LogP contribution in [0.1, 0.15) is 6.42 Å². The molecule has 0 aromatic rings. The first-order chi connectivity index (χ1) is 7.77. The molecule has 5 nitrogen and oxygen atoms in total. The van der Waals surface area contributed by atoms with Gasteiger partial charge in [0, 0.05) is 6.04 Å². The van der Waals surface area contributed by atoms with Crippen LogP contribution in [0.5, 0.6) is 0 Å². The van der Waals surface area contributed by atoms with E-state index < -0.39 is 12.1 Å². The number of halogens is 3. The van der Waals surface area contributed by atoms with Crippen LogP contribution in [-0.2, 0) is 14.3 Å². The van der Waals surface area contributed by atoms with E-state index in [2.05, 4.69) is 10.1 Å². The summed E-state index contributed by atoms with van der Waals surface area (Å²) in [6.45, 7) is 1.00. The van der Waals surface area contributed by atoms with Crippen LogP contribution < -0.4 is 5.32 Å². The molecule has 0 aromatic carbocycles. The van der Waals surface area contributed by atoms with Crippen LogP contribution in [0.25, 0.3) is 0 Å². The van der Waals surface area contributed by atoms with Gasteiger partial charge in [-0.1, -0.05) is 0 Å². The standard InChI is InChI=1S/C7H11NO2.C2HF3O2/c1-10-7(9)6-4-2-5(6)8-3-4;3-2(4,5)1(6)7/h4-6,8H,2-3H2,1H3;(H,6,7)/t4-,5-,6+;/m1./s1. The van der Waals surface area contributed by atoms with Gasteiger partial charge in [-0.3, -0.25) is 4.79 Å². The maximum absolute atomic E-state index is 11.0. The number of carbonyl (C=O) groups is 2. The van der Waals surface area contributed by atoms with Crippen molar-refractivity contribution in [2.45, 2.75) is 18.6 Å². The molecule has 98 valence electrons. The normalized spacial score (nSPS) is 29.8. The Labute approximate surface area is 94.9 Å². The molecule has 0 spiro atoms. The summed E-state index contributed by atoms with van der Waals surface area (Å²) in [6, 6.07) is 0.428. The zero-order valence-corrected chi connectivity index (χ0v) is 8.95. The van der Waals surface area contributed by atoms with Crippen molar-refractivity contribution in [3.8, 4) is 0 Å². The molecule has 2 N–H and O–H groups in total. The quantitative estimate of drug-likeness (QED) is 0.663. The summed E-state index contributed by atoms with van der Waals surface area (Å²) < 4.78 is 36.4. The van der Waals surface area contributed by atoms with Gasteiger partial charge >= 0.3 is 18.1 Å². The van der Waals surface area contributed by atoms with Crippen LogP contribution in [0.15, 0.2) is 0 Å². The molecule has 17 heavy (non-hydrogen) atoms. The number of carbonyl (C=O) groups excluding carboxylic acids is 1. The molecule has 3 fully saturated rings. The number of fused-ring (bicyclic) bond motifs is 1. The number of esters is 1. The number of nitrogens with one attached hydrogen (secondary N) is 1. The lowest BCUT2D eigenvalue weighted by Crippen LogP contribution is -2.42. The van der Waals surface area contributed by atoms with Crippen LogP contribution in [0.4, 0.5) is 13.2 Å². The third-order valence-electron chi connectivity index (χ3n) is 2.86. The van der Waals surface area contributed by atoms with E-state index in [-0.39, 0.29) is 11.9 Å². The molecule has 8 heteroatoms. The number of alkyl halides is 3. The maximum Gasteiger partial charge on any atom is 0.490 e. The van der Waals surface area contributed by atoms with Crippen molar-refractivity contribution in [3.05, 3.63) is 0 Å². The summed E-state index contributed by atoms with van der Waals surface area (Å²) in [6.07, 6.45) is -3.92. The highest BCUT2D eigenvalue weighted by molar-refractivity contribution is 5.75. The minimum atomic E-state index is -5.08. The lowest BCUT2D eigenvalue weighted by atomic mass is 9.74. The highest BCUT2D eigenvalue weighted by Crippen LogP contribution is 2.40. The molecule has 3 aliphatic rings. The Balaban J connectivity index is 0.000000185. The van der Waals surface area contributed by atoms with Crippen molar-refractivity contribution in [2.24, 2.45) is 11.8 Å². The fourth-order valence-electron chi connectivity index (χ4n) is 1.97. The van der Waals surface area contributed by atoms with E-state index in [4.69, 9.17) is 9.90 Å². The molecular weight excluding hydrogens is 243 g/mol. The minimum absolute atomic E-state index is 0.0359. The molecule has 1 saturated carbocycles. The number of rotatable bonds is 1. The zero-order valence-electron chi connectivity index (χ0n) is 8.95. The fourth-order valence-corrected chi connectivity index (χ4v) is 1.97. The van der Waals surface area contributed by atoms with E-state index in [9.17, 15) is 18.0 Å². The third-order valence-corrected chi connectivity index (χ3v) is 2.86. The number of aliphatic carboxylic acids is 1. The van der Waals surface area contributed by atoms with Crippen molar-refractivity contribution in [2.75, 3.05) is 13.7 Å². The number of hydrogen-bond acceptors (Lipinski definition) is 4. The van der Waals surface area contributed by atoms with Crippen molar-refractivity contribution < 1.29 is 32.6 Å². The van der Waals surface area contributed by atoms with Gasteiger partial charge in [0.15, 0.2) is 0 Å². The first kappa shape index (κ1) is 13.8. The van der Waals surface area contributed by atoms with Gasteiger partial charge in [0.25, 0.3) is 0 Å². The largest absolute Gasteiger partial charge is 0.490 e. The summed E-state index contributed by atoms with van der Waals surface area (Å²) in [5.74, 6) is -2.05. The van der Waals surface area contributed by atoms with Crippen LogP contribution in [-0.4, -0.2) is 42.9 Å². The lowest BCUT2D eigenvalue weighted by molar-refractivity contribution is -0.192. The second-order valence-electron chi connectivity index (χ2n) is 3.86. The Hall–Kier alpha value is -1.31. The smallest absolute Gasteiger partial charge is 0.475 e. The molecule has 3 rings (SSSR count). The van der Waals surface area contributed by atoms with Crippen LogP contribution in [0.3, 0.4) is 0 Å². The second-order valence-corrected chi connectivity index (χ2v) is 3.86. The van der Waals surface area contributed by atoms with E-state index in [1.165, 1.54) is 13.5 Å². The molecule has 1 aliphatic carbocycles. The molecule has 3 atom stereocenters. The van der Waals surface area contributed by atoms with Gasteiger partial charge in [0.2, 0.25) is 0 Å². The van der Waals surface area contributed by atoms with E-state index in [1.807, 2.05) is 0 Å². The maximum atomic E-state index is 11.0. The van der Waals surface area contributed by atoms with Gasteiger partial charge in [-0.05, 0) is 18.9 Å². The van der Waals surface area contributed by atoms with Crippen LogP contribution in [0.2, 0.25) is 0 Å². The molecule has 2 bridgehead atoms. The van der Waals surface area contributed by atoms with Crippen LogP contribution in [0, 0.1) is 11.8 Å². The molecule has 0 unspecified atom stereocenters.